The van der Waals surface area contributed by atoms with E-state index < -0.39 is 0 Å². The Morgan fingerprint density at radius 1 is 1.11 bits per heavy atom. The minimum atomic E-state index is -0.344. The number of rotatable bonds is 7. The molecule has 2 aromatic carbocycles. The number of pyridine rings is 1. The summed E-state index contributed by atoms with van der Waals surface area (Å²) in [6.07, 6.45) is 7.98. The van der Waals surface area contributed by atoms with E-state index in [0.29, 0.717) is 30.3 Å². The molecule has 0 spiro atoms. The van der Waals surface area contributed by atoms with Gasteiger partial charge in [-0.1, -0.05) is 31.4 Å². The number of nitrogens with zero attached hydrogens (tertiary/aromatic N) is 2. The summed E-state index contributed by atoms with van der Waals surface area (Å²) in [5.41, 5.74) is 4.54. The Labute approximate surface area is 211 Å². The summed E-state index contributed by atoms with van der Waals surface area (Å²) in [5.74, 6) is -0.344. The first kappa shape index (κ1) is 24.1. The first-order valence-corrected chi connectivity index (χ1v) is 12.9. The molecule has 2 N–H and O–H groups in total. The standard InChI is InChI=1S/C29H34N4O3/c1-4-36-29(35)19-13-14-25(20(17-19)18-32(3)21-9-6-5-7-10-21)33-16-15-23-22-11-8-12-24(30-2)26(22)31-27(23)28(33)34/h8,11-17,21,30-31H,4-7,9-10,18H2,1-3H3. The summed E-state index contributed by atoms with van der Waals surface area (Å²) < 4.78 is 6.94. The van der Waals surface area contributed by atoms with Gasteiger partial charge in [0.15, 0.2) is 0 Å². The number of carbonyl (C=O) groups excluding carboxylic acids is 1. The largest absolute Gasteiger partial charge is 0.462 e. The van der Waals surface area contributed by atoms with E-state index in [-0.39, 0.29) is 11.5 Å². The number of H-pyrrole nitrogens is 1. The van der Waals surface area contributed by atoms with Gasteiger partial charge in [-0.3, -0.25) is 14.3 Å². The zero-order chi connectivity index (χ0) is 25.2. The van der Waals surface area contributed by atoms with Gasteiger partial charge < -0.3 is 15.0 Å². The van der Waals surface area contributed by atoms with Crippen molar-refractivity contribution in [2.24, 2.45) is 0 Å². The fourth-order valence-corrected chi connectivity index (χ4v) is 5.52. The highest BCUT2D eigenvalue weighted by Gasteiger charge is 2.21. The highest BCUT2D eigenvalue weighted by Crippen LogP contribution is 2.30. The van der Waals surface area contributed by atoms with Crippen LogP contribution in [0.5, 0.6) is 0 Å². The van der Waals surface area contributed by atoms with E-state index in [9.17, 15) is 9.59 Å². The van der Waals surface area contributed by atoms with Crippen molar-refractivity contribution in [3.8, 4) is 5.69 Å². The Hall–Kier alpha value is -3.58. The molecule has 1 saturated carbocycles. The lowest BCUT2D eigenvalue weighted by atomic mass is 9.94. The van der Waals surface area contributed by atoms with Crippen LogP contribution in [0.1, 0.15) is 54.9 Å². The second-order valence-electron chi connectivity index (χ2n) is 9.65. The van der Waals surface area contributed by atoms with Crippen LogP contribution in [0.4, 0.5) is 5.69 Å². The lowest BCUT2D eigenvalue weighted by molar-refractivity contribution is 0.0526. The van der Waals surface area contributed by atoms with Crippen LogP contribution in [0, 0.1) is 0 Å². The van der Waals surface area contributed by atoms with Crippen molar-refractivity contribution in [3.63, 3.8) is 0 Å². The minimum absolute atomic E-state index is 0.115. The van der Waals surface area contributed by atoms with Crippen molar-refractivity contribution in [2.75, 3.05) is 26.0 Å². The summed E-state index contributed by atoms with van der Waals surface area (Å²) in [6, 6.07) is 14.0. The fourth-order valence-electron chi connectivity index (χ4n) is 5.52. The van der Waals surface area contributed by atoms with Crippen molar-refractivity contribution in [1.29, 1.82) is 0 Å². The van der Waals surface area contributed by atoms with Crippen LogP contribution in [0.3, 0.4) is 0 Å². The SMILES string of the molecule is CCOC(=O)c1ccc(-n2ccc3c([nH]c4c(NC)cccc43)c2=O)c(CN(C)C2CCCCC2)c1. The van der Waals surface area contributed by atoms with E-state index in [4.69, 9.17) is 4.74 Å². The third kappa shape index (κ3) is 4.39. The normalized spacial score (nSPS) is 14.6. The number of para-hydroxylation sites is 1. The van der Waals surface area contributed by atoms with Gasteiger partial charge in [-0.25, -0.2) is 4.79 Å². The maximum Gasteiger partial charge on any atom is 0.338 e. The van der Waals surface area contributed by atoms with Gasteiger partial charge in [0.1, 0.15) is 5.52 Å². The second-order valence-corrected chi connectivity index (χ2v) is 9.65. The van der Waals surface area contributed by atoms with Crippen molar-refractivity contribution >= 4 is 33.5 Å². The number of benzene rings is 2. The number of carbonyl (C=O) groups is 1. The number of nitrogens with one attached hydrogen (secondary N) is 2. The number of aromatic nitrogens is 2. The zero-order valence-electron chi connectivity index (χ0n) is 21.3. The monoisotopic (exact) mass is 486 g/mol. The van der Waals surface area contributed by atoms with Crippen molar-refractivity contribution < 1.29 is 9.53 Å². The van der Waals surface area contributed by atoms with Gasteiger partial charge in [0.2, 0.25) is 0 Å². The van der Waals surface area contributed by atoms with Gasteiger partial charge in [0.05, 0.1) is 29.1 Å². The van der Waals surface area contributed by atoms with Gasteiger partial charge in [-0.2, -0.15) is 0 Å². The molecule has 0 unspecified atom stereocenters. The third-order valence-electron chi connectivity index (χ3n) is 7.43. The summed E-state index contributed by atoms with van der Waals surface area (Å²) in [4.78, 5) is 32.0. The molecule has 0 bridgehead atoms. The Balaban J connectivity index is 1.62. The number of ether oxygens (including phenoxy) is 1. The van der Waals surface area contributed by atoms with E-state index in [2.05, 4.69) is 22.2 Å². The third-order valence-corrected chi connectivity index (χ3v) is 7.43. The molecule has 1 fully saturated rings. The summed E-state index contributed by atoms with van der Waals surface area (Å²) in [7, 11) is 4.01. The quantitative estimate of drug-likeness (QED) is 0.339. The Morgan fingerprint density at radius 2 is 1.89 bits per heavy atom. The van der Waals surface area contributed by atoms with E-state index in [0.717, 1.165) is 33.2 Å². The zero-order valence-corrected chi connectivity index (χ0v) is 21.3. The molecular weight excluding hydrogens is 452 g/mol. The first-order chi connectivity index (χ1) is 17.5. The highest BCUT2D eigenvalue weighted by atomic mass is 16.5. The molecule has 1 aliphatic rings. The molecule has 188 valence electrons. The maximum absolute atomic E-state index is 13.8. The molecule has 0 radical (unpaired) electrons. The number of hydrogen-bond acceptors (Lipinski definition) is 5. The average molecular weight is 487 g/mol. The summed E-state index contributed by atoms with van der Waals surface area (Å²) in [5, 5.41) is 5.10. The van der Waals surface area contributed by atoms with Gasteiger partial charge in [-0.15, -0.1) is 0 Å². The molecule has 2 aromatic heterocycles. The molecule has 5 rings (SSSR count). The molecule has 36 heavy (non-hydrogen) atoms. The van der Waals surface area contributed by atoms with Crippen LogP contribution in [0.2, 0.25) is 0 Å². The van der Waals surface area contributed by atoms with E-state index in [1.165, 1.54) is 32.1 Å². The van der Waals surface area contributed by atoms with Gasteiger partial charge in [0, 0.05) is 36.6 Å². The number of hydrogen-bond donors (Lipinski definition) is 2. The molecule has 7 nitrogen and oxygen atoms in total. The molecule has 1 aliphatic carbocycles. The molecule has 0 atom stereocenters. The molecule has 0 amide bonds. The van der Waals surface area contributed by atoms with Crippen molar-refractivity contribution in [1.82, 2.24) is 14.5 Å². The van der Waals surface area contributed by atoms with E-state index in [1.807, 2.05) is 49.6 Å². The minimum Gasteiger partial charge on any atom is -0.462 e. The van der Waals surface area contributed by atoms with Crippen LogP contribution in [0.25, 0.3) is 27.5 Å². The van der Waals surface area contributed by atoms with Gasteiger partial charge in [-0.05, 0) is 62.7 Å². The van der Waals surface area contributed by atoms with E-state index >= 15 is 0 Å². The second kappa shape index (κ2) is 10.2. The summed E-state index contributed by atoms with van der Waals surface area (Å²) in [6.45, 7) is 2.77. The fraction of sp³-hybridized carbons (Fsp3) is 0.379. The summed E-state index contributed by atoms with van der Waals surface area (Å²) >= 11 is 0. The van der Waals surface area contributed by atoms with Gasteiger partial charge in [0.25, 0.3) is 5.56 Å². The van der Waals surface area contributed by atoms with Crippen LogP contribution < -0.4 is 10.9 Å². The van der Waals surface area contributed by atoms with E-state index in [1.54, 1.807) is 17.6 Å². The number of fused-ring (bicyclic) bond motifs is 3. The first-order valence-electron chi connectivity index (χ1n) is 12.9. The van der Waals surface area contributed by atoms with Crippen LogP contribution in [-0.2, 0) is 11.3 Å². The topological polar surface area (TPSA) is 79.4 Å². The van der Waals surface area contributed by atoms with Gasteiger partial charge >= 0.3 is 5.97 Å². The molecule has 7 heteroatoms. The lowest BCUT2D eigenvalue weighted by Gasteiger charge is -2.31. The smallest absolute Gasteiger partial charge is 0.338 e. The molecule has 4 aromatic rings. The maximum atomic E-state index is 13.8. The van der Waals surface area contributed by atoms with Crippen LogP contribution in [-0.4, -0.2) is 47.2 Å². The molecule has 0 aliphatic heterocycles. The number of esters is 1. The number of anilines is 1. The van der Waals surface area contributed by atoms with Crippen molar-refractivity contribution in [2.45, 2.75) is 51.6 Å². The molecule has 0 saturated heterocycles. The Morgan fingerprint density at radius 3 is 2.64 bits per heavy atom. The van der Waals surface area contributed by atoms with Crippen LogP contribution in [0.15, 0.2) is 53.5 Å². The lowest BCUT2D eigenvalue weighted by Crippen LogP contribution is -2.33. The van der Waals surface area contributed by atoms with Crippen molar-refractivity contribution in [3.05, 3.63) is 70.1 Å². The van der Waals surface area contributed by atoms with Crippen LogP contribution >= 0.6 is 0 Å². The Bertz CT molecular complexity index is 1460. The highest BCUT2D eigenvalue weighted by molar-refractivity contribution is 6.10. The Kier molecular flexibility index (Phi) is 6.83. The molecular formula is C29H34N4O3. The predicted molar refractivity (Wildman–Crippen MR) is 145 cm³/mol. The predicted octanol–water partition coefficient (Wildman–Crippen LogP) is 5.45. The molecule has 2 heterocycles. The number of aromatic amines is 1. The average Bonchev–Trinajstić information content (AvgIpc) is 3.29.